The maximum absolute atomic E-state index is 11.3. The van der Waals surface area contributed by atoms with Gasteiger partial charge < -0.3 is 15.2 Å². The van der Waals surface area contributed by atoms with E-state index in [1.54, 1.807) is 13.8 Å². The average molecular weight is 268 g/mol. The van der Waals surface area contributed by atoms with Crippen molar-refractivity contribution < 1.29 is 19.4 Å². The third-order valence-corrected chi connectivity index (χ3v) is 1.83. The van der Waals surface area contributed by atoms with E-state index < -0.39 is 16.4 Å². The van der Waals surface area contributed by atoms with Crippen LogP contribution in [-0.4, -0.2) is 41.1 Å². The minimum atomic E-state index is -1.32. The van der Waals surface area contributed by atoms with E-state index in [0.29, 0.717) is 0 Å². The number of hydrogen-bond acceptors (Lipinski definition) is 4. The van der Waals surface area contributed by atoms with Gasteiger partial charge in [-0.25, -0.2) is 4.79 Å². The predicted octanol–water partition coefficient (Wildman–Crippen LogP) is -0.190. The van der Waals surface area contributed by atoms with Crippen LogP contribution in [0.3, 0.4) is 0 Å². The van der Waals surface area contributed by atoms with E-state index in [9.17, 15) is 9.59 Å². The molecule has 1 amide bonds. The summed E-state index contributed by atoms with van der Waals surface area (Å²) >= 11 is 3.14. The minimum Gasteiger partial charge on any atom is -0.467 e. The van der Waals surface area contributed by atoms with Crippen LogP contribution in [0.5, 0.6) is 0 Å². The lowest BCUT2D eigenvalue weighted by Gasteiger charge is -2.17. The molecule has 6 heteroatoms. The highest BCUT2D eigenvalue weighted by molar-refractivity contribution is 9.10. The number of amides is 1. The molecule has 0 heterocycles. The summed E-state index contributed by atoms with van der Waals surface area (Å²) < 4.78 is 3.56. The van der Waals surface area contributed by atoms with E-state index in [0.717, 1.165) is 0 Å². The minimum absolute atomic E-state index is 0.152. The van der Waals surface area contributed by atoms with Crippen molar-refractivity contribution in [2.24, 2.45) is 0 Å². The zero-order chi connectivity index (χ0) is 11.4. The number of carbonyl (C=O) groups is 2. The van der Waals surface area contributed by atoms with Crippen LogP contribution in [0.1, 0.15) is 13.8 Å². The summed E-state index contributed by atoms with van der Waals surface area (Å²) in [7, 11) is 1.17. The van der Waals surface area contributed by atoms with Crippen molar-refractivity contribution >= 4 is 27.8 Å². The van der Waals surface area contributed by atoms with Gasteiger partial charge in [-0.05, 0) is 13.8 Å². The molecular formula is C8H14BrNO4. The van der Waals surface area contributed by atoms with Gasteiger partial charge in [-0.3, -0.25) is 4.79 Å². The topological polar surface area (TPSA) is 75.6 Å². The van der Waals surface area contributed by atoms with Crippen LogP contribution in [0.2, 0.25) is 0 Å². The predicted molar refractivity (Wildman–Crippen MR) is 54.0 cm³/mol. The fourth-order valence-corrected chi connectivity index (χ4v) is 0.759. The quantitative estimate of drug-likeness (QED) is 0.547. The van der Waals surface area contributed by atoms with Crippen LogP contribution < -0.4 is 5.32 Å². The van der Waals surface area contributed by atoms with Crippen molar-refractivity contribution in [3.8, 4) is 0 Å². The number of methoxy groups -OCH3 is 1. The number of halogens is 1. The van der Waals surface area contributed by atoms with E-state index >= 15 is 0 Å². The number of nitrogens with one attached hydrogen (secondary N) is 1. The largest absolute Gasteiger partial charge is 0.467 e. The molecule has 1 unspecified atom stereocenters. The highest BCUT2D eigenvalue weighted by Crippen LogP contribution is 2.14. The van der Waals surface area contributed by atoms with Crippen molar-refractivity contribution in [2.45, 2.75) is 24.3 Å². The van der Waals surface area contributed by atoms with Gasteiger partial charge in [0.2, 0.25) is 5.91 Å². The third kappa shape index (κ3) is 4.57. The summed E-state index contributed by atoms with van der Waals surface area (Å²) in [4.78, 5) is 22.0. The lowest BCUT2D eigenvalue weighted by atomic mass is 10.2. The SMILES string of the molecule is COC(=O)C(O)CNC(=O)C(C)(C)Br. The van der Waals surface area contributed by atoms with Crippen molar-refractivity contribution in [3.05, 3.63) is 0 Å². The Hall–Kier alpha value is -0.620. The van der Waals surface area contributed by atoms with Gasteiger partial charge in [-0.15, -0.1) is 0 Å². The molecule has 0 aliphatic carbocycles. The Morgan fingerprint density at radius 2 is 2.07 bits per heavy atom. The van der Waals surface area contributed by atoms with Crippen LogP contribution >= 0.6 is 15.9 Å². The second-order valence-electron chi connectivity index (χ2n) is 3.22. The molecule has 82 valence electrons. The number of aliphatic hydroxyl groups excluding tert-OH is 1. The molecule has 0 aromatic heterocycles. The average Bonchev–Trinajstić information content (AvgIpc) is 2.10. The molecule has 0 saturated heterocycles. The summed E-state index contributed by atoms with van der Waals surface area (Å²) in [6.45, 7) is 3.17. The fourth-order valence-electron chi connectivity index (χ4n) is 0.619. The van der Waals surface area contributed by atoms with Crippen LogP contribution in [0.4, 0.5) is 0 Å². The number of hydrogen-bond donors (Lipinski definition) is 2. The lowest BCUT2D eigenvalue weighted by molar-refractivity contribution is -0.150. The zero-order valence-corrected chi connectivity index (χ0v) is 9.92. The summed E-state index contributed by atoms with van der Waals surface area (Å²) in [6.07, 6.45) is -1.32. The van der Waals surface area contributed by atoms with Gasteiger partial charge in [0, 0.05) is 0 Å². The highest BCUT2D eigenvalue weighted by Gasteiger charge is 2.25. The molecule has 0 aliphatic heterocycles. The number of esters is 1. The van der Waals surface area contributed by atoms with Gasteiger partial charge >= 0.3 is 5.97 Å². The smallest absolute Gasteiger partial charge is 0.336 e. The molecule has 1 atom stereocenters. The fraction of sp³-hybridized carbons (Fsp3) is 0.750. The van der Waals surface area contributed by atoms with Crippen LogP contribution in [-0.2, 0) is 14.3 Å². The zero-order valence-electron chi connectivity index (χ0n) is 8.33. The number of rotatable bonds is 4. The second-order valence-corrected chi connectivity index (χ2v) is 5.20. The molecule has 0 rings (SSSR count). The number of ether oxygens (including phenoxy) is 1. The van der Waals surface area contributed by atoms with E-state index in [2.05, 4.69) is 26.0 Å². The maximum atomic E-state index is 11.3. The normalized spacial score (nSPS) is 13.2. The van der Waals surface area contributed by atoms with Crippen molar-refractivity contribution in [1.29, 1.82) is 0 Å². The molecule has 0 radical (unpaired) electrons. The van der Waals surface area contributed by atoms with Crippen molar-refractivity contribution in [2.75, 3.05) is 13.7 Å². The monoisotopic (exact) mass is 267 g/mol. The first kappa shape index (κ1) is 13.4. The van der Waals surface area contributed by atoms with E-state index in [-0.39, 0.29) is 12.5 Å². The molecule has 0 fully saturated rings. The first-order valence-electron chi connectivity index (χ1n) is 4.02. The molecule has 0 spiro atoms. The third-order valence-electron chi connectivity index (χ3n) is 1.47. The Morgan fingerprint density at radius 1 is 1.57 bits per heavy atom. The number of aliphatic hydroxyl groups is 1. The second kappa shape index (κ2) is 5.31. The molecule has 0 bridgehead atoms. The highest BCUT2D eigenvalue weighted by atomic mass is 79.9. The Morgan fingerprint density at radius 3 is 2.43 bits per heavy atom. The molecule has 0 aliphatic rings. The first-order chi connectivity index (χ1) is 6.29. The number of carbonyl (C=O) groups excluding carboxylic acids is 2. The lowest BCUT2D eigenvalue weighted by Crippen LogP contribution is -2.43. The summed E-state index contributed by atoms with van der Waals surface area (Å²) in [6, 6.07) is 0. The van der Waals surface area contributed by atoms with Gasteiger partial charge in [0.1, 0.15) is 0 Å². The van der Waals surface area contributed by atoms with Gasteiger partial charge in [-0.2, -0.15) is 0 Å². The molecule has 14 heavy (non-hydrogen) atoms. The number of alkyl halides is 1. The van der Waals surface area contributed by atoms with Gasteiger partial charge in [0.25, 0.3) is 0 Å². The molecule has 5 nitrogen and oxygen atoms in total. The van der Waals surface area contributed by atoms with Crippen molar-refractivity contribution in [1.82, 2.24) is 5.32 Å². The van der Waals surface area contributed by atoms with E-state index in [4.69, 9.17) is 5.11 Å². The van der Waals surface area contributed by atoms with Gasteiger partial charge in [0.05, 0.1) is 18.0 Å². The standard InChI is InChI=1S/C8H14BrNO4/c1-8(2,9)7(13)10-4-5(11)6(12)14-3/h5,11H,4H2,1-3H3,(H,10,13). The summed E-state index contributed by atoms with van der Waals surface area (Å²) in [5.74, 6) is -1.07. The molecule has 0 aromatic rings. The Kier molecular flexibility index (Phi) is 5.07. The Labute approximate surface area is 90.9 Å². The Bertz CT molecular complexity index is 224. The molecule has 2 N–H and O–H groups in total. The van der Waals surface area contributed by atoms with Crippen LogP contribution in [0.25, 0.3) is 0 Å². The van der Waals surface area contributed by atoms with E-state index in [1.165, 1.54) is 7.11 Å². The molecule has 0 aromatic carbocycles. The molecule has 0 saturated carbocycles. The Balaban J connectivity index is 3.96. The summed E-state index contributed by atoms with van der Waals surface area (Å²) in [5.41, 5.74) is 0. The molecular weight excluding hydrogens is 254 g/mol. The van der Waals surface area contributed by atoms with Crippen LogP contribution in [0.15, 0.2) is 0 Å². The van der Waals surface area contributed by atoms with Gasteiger partial charge in [0.15, 0.2) is 6.10 Å². The summed E-state index contributed by atoms with van der Waals surface area (Å²) in [5, 5.41) is 11.5. The first-order valence-corrected chi connectivity index (χ1v) is 4.81. The van der Waals surface area contributed by atoms with Gasteiger partial charge in [-0.1, -0.05) is 15.9 Å². The van der Waals surface area contributed by atoms with Crippen LogP contribution in [0, 0.1) is 0 Å². The van der Waals surface area contributed by atoms with E-state index in [1.807, 2.05) is 0 Å². The van der Waals surface area contributed by atoms with Crippen molar-refractivity contribution in [3.63, 3.8) is 0 Å². The maximum Gasteiger partial charge on any atom is 0.336 e.